The normalized spacial score (nSPS) is 25.5. The Hall–Kier alpha value is -3.93. The third kappa shape index (κ3) is 8.26. The summed E-state index contributed by atoms with van der Waals surface area (Å²) >= 11 is 6.36. The van der Waals surface area contributed by atoms with E-state index in [0.717, 1.165) is 43.2 Å². The zero-order valence-corrected chi connectivity index (χ0v) is 30.9. The summed E-state index contributed by atoms with van der Waals surface area (Å²) in [6.07, 6.45) is 5.41. The Balaban J connectivity index is 1.44. The summed E-state index contributed by atoms with van der Waals surface area (Å²) < 4.78 is 52.3. The second kappa shape index (κ2) is 15.8. The Labute approximate surface area is 305 Å². The number of ether oxygens (including phenoxy) is 1. The Bertz CT molecular complexity index is 1890. The second-order valence-electron chi connectivity index (χ2n) is 13.9. The molecule has 0 aliphatic carbocycles. The standard InChI is InChI=1S/C39H46ClFN4O5S/c1-26-14-18-34(41)37(39(47)43(3)32-11-5-4-6-12-32)45-21-9-13-33(45)24-44-20-8-7-10-28-22-31(40)17-15-30(28)25-50-36-19-16-29(23-35(36)44)38(46)42-51(48,49)27(26)2/h4-6,11-12,15-19,22-23,26-27,33,37H,7-10,13-14,20-21,24-25H2,1-3H3,(H,42,46)/b34-18-/t26-,27+,33-,37+/m0/s1. The average Bonchev–Trinajstić information content (AvgIpc) is 3.56. The molecule has 2 amide bonds. The summed E-state index contributed by atoms with van der Waals surface area (Å²) in [5.74, 6) is -1.77. The highest BCUT2D eigenvalue weighted by atomic mass is 35.5. The van der Waals surface area contributed by atoms with Crippen LogP contribution in [-0.4, -0.2) is 69.1 Å². The fourth-order valence-electron chi connectivity index (χ4n) is 7.30. The van der Waals surface area contributed by atoms with Gasteiger partial charge in [0.1, 0.15) is 24.2 Å². The van der Waals surface area contributed by atoms with Crippen LogP contribution in [0.25, 0.3) is 0 Å². The van der Waals surface area contributed by atoms with Gasteiger partial charge < -0.3 is 14.5 Å². The average molecular weight is 737 g/mol. The minimum atomic E-state index is -4.14. The number of rotatable bonds is 2. The van der Waals surface area contributed by atoms with Gasteiger partial charge in [-0.2, -0.15) is 0 Å². The number of allylic oxidation sites excluding steroid dienone is 1. The van der Waals surface area contributed by atoms with Crippen molar-refractivity contribution in [2.24, 2.45) is 5.92 Å². The largest absolute Gasteiger partial charge is 0.487 e. The molecule has 1 N–H and O–H groups in total. The number of likely N-dealkylation sites (N-methyl/N-ethyl adjacent to an activating group) is 1. The zero-order valence-electron chi connectivity index (χ0n) is 29.4. The molecule has 3 heterocycles. The van der Waals surface area contributed by atoms with Gasteiger partial charge in [-0.05, 0) is 112 Å². The van der Waals surface area contributed by atoms with Gasteiger partial charge in [0, 0.05) is 42.5 Å². The van der Waals surface area contributed by atoms with Gasteiger partial charge in [0.25, 0.3) is 11.8 Å². The number of halogens is 2. The summed E-state index contributed by atoms with van der Waals surface area (Å²) in [4.78, 5) is 33.4. The van der Waals surface area contributed by atoms with Crippen molar-refractivity contribution >= 4 is 44.8 Å². The number of aryl methyl sites for hydroxylation is 1. The molecule has 2 bridgehead atoms. The molecule has 0 aromatic heterocycles. The summed E-state index contributed by atoms with van der Waals surface area (Å²) in [5.41, 5.74) is 3.60. The predicted molar refractivity (Wildman–Crippen MR) is 200 cm³/mol. The van der Waals surface area contributed by atoms with Crippen LogP contribution in [0, 0.1) is 5.92 Å². The van der Waals surface area contributed by atoms with Crippen molar-refractivity contribution in [1.82, 2.24) is 9.62 Å². The fourth-order valence-corrected chi connectivity index (χ4v) is 8.78. The molecule has 0 spiro atoms. The molecule has 272 valence electrons. The van der Waals surface area contributed by atoms with Crippen LogP contribution in [-0.2, 0) is 27.8 Å². The molecule has 3 aromatic carbocycles. The first-order valence-electron chi connectivity index (χ1n) is 17.7. The number of fused-ring (bicyclic) bond motifs is 3. The number of anilines is 2. The zero-order chi connectivity index (χ0) is 36.3. The van der Waals surface area contributed by atoms with Crippen molar-refractivity contribution in [2.45, 2.75) is 76.3 Å². The van der Waals surface area contributed by atoms with E-state index in [4.69, 9.17) is 16.3 Å². The van der Waals surface area contributed by atoms with Crippen molar-refractivity contribution in [1.29, 1.82) is 0 Å². The molecule has 51 heavy (non-hydrogen) atoms. The lowest BCUT2D eigenvalue weighted by Crippen LogP contribution is -2.53. The van der Waals surface area contributed by atoms with E-state index < -0.39 is 44.9 Å². The van der Waals surface area contributed by atoms with Crippen LogP contribution in [0.15, 0.2) is 78.6 Å². The highest BCUT2D eigenvalue weighted by molar-refractivity contribution is 7.90. The van der Waals surface area contributed by atoms with Gasteiger partial charge in [0.05, 0.1) is 10.9 Å². The summed E-state index contributed by atoms with van der Waals surface area (Å²) in [5, 5.41) is -0.360. The number of sulfonamides is 1. The van der Waals surface area contributed by atoms with Gasteiger partial charge in [0.15, 0.2) is 0 Å². The Morgan fingerprint density at radius 2 is 1.78 bits per heavy atom. The Morgan fingerprint density at radius 1 is 1.00 bits per heavy atom. The van der Waals surface area contributed by atoms with Gasteiger partial charge in [-0.1, -0.05) is 48.9 Å². The van der Waals surface area contributed by atoms with Gasteiger partial charge >= 0.3 is 0 Å². The molecule has 1 fully saturated rings. The highest BCUT2D eigenvalue weighted by Crippen LogP contribution is 2.36. The topological polar surface area (TPSA) is 99.3 Å². The molecule has 3 aliphatic heterocycles. The van der Waals surface area contributed by atoms with E-state index in [1.165, 1.54) is 17.9 Å². The van der Waals surface area contributed by atoms with E-state index >= 15 is 4.39 Å². The van der Waals surface area contributed by atoms with Gasteiger partial charge in [0.2, 0.25) is 10.0 Å². The van der Waals surface area contributed by atoms with Gasteiger partial charge in [-0.25, -0.2) is 17.5 Å². The fraction of sp³-hybridized carbons (Fsp3) is 0.436. The van der Waals surface area contributed by atoms with E-state index in [1.54, 1.807) is 32.2 Å². The lowest BCUT2D eigenvalue weighted by atomic mass is 10.0. The molecule has 3 aromatic rings. The number of hydrogen-bond acceptors (Lipinski definition) is 7. The Kier molecular flexibility index (Phi) is 11.4. The first kappa shape index (κ1) is 36.8. The van der Waals surface area contributed by atoms with E-state index in [0.29, 0.717) is 41.8 Å². The smallest absolute Gasteiger partial charge is 0.264 e. The maximum atomic E-state index is 16.6. The Morgan fingerprint density at radius 3 is 2.57 bits per heavy atom. The van der Waals surface area contributed by atoms with Crippen LogP contribution >= 0.6 is 11.6 Å². The van der Waals surface area contributed by atoms with Crippen LogP contribution in [0.5, 0.6) is 5.75 Å². The summed E-state index contributed by atoms with van der Waals surface area (Å²) in [6.45, 7) is 5.03. The monoisotopic (exact) mass is 736 g/mol. The number of para-hydroxylation sites is 1. The van der Waals surface area contributed by atoms with Crippen LogP contribution in [0.4, 0.5) is 15.8 Å². The lowest BCUT2D eigenvalue weighted by Gasteiger charge is -2.37. The number of carbonyl (C=O) groups excluding carboxylic acids is 2. The molecule has 0 saturated carbocycles. The molecular weight excluding hydrogens is 691 g/mol. The van der Waals surface area contributed by atoms with Crippen molar-refractivity contribution in [2.75, 3.05) is 36.5 Å². The van der Waals surface area contributed by atoms with Crippen LogP contribution in [0.2, 0.25) is 5.02 Å². The quantitative estimate of drug-likeness (QED) is 0.306. The van der Waals surface area contributed by atoms with E-state index in [-0.39, 0.29) is 24.6 Å². The molecular formula is C39H46ClFN4O5S. The number of amides is 2. The maximum absolute atomic E-state index is 16.6. The van der Waals surface area contributed by atoms with Crippen molar-refractivity contribution in [3.63, 3.8) is 0 Å². The van der Waals surface area contributed by atoms with Crippen molar-refractivity contribution in [3.05, 3.63) is 100 Å². The molecule has 0 unspecified atom stereocenters. The van der Waals surface area contributed by atoms with E-state index in [2.05, 4.69) is 9.62 Å². The second-order valence-corrected chi connectivity index (χ2v) is 16.4. The minimum Gasteiger partial charge on any atom is -0.487 e. The van der Waals surface area contributed by atoms with Gasteiger partial charge in [-0.15, -0.1) is 0 Å². The van der Waals surface area contributed by atoms with Crippen LogP contribution < -0.4 is 19.3 Å². The highest BCUT2D eigenvalue weighted by Gasteiger charge is 2.40. The lowest BCUT2D eigenvalue weighted by molar-refractivity contribution is -0.123. The number of nitrogens with one attached hydrogen (secondary N) is 1. The third-order valence-corrected chi connectivity index (χ3v) is 12.8. The summed E-state index contributed by atoms with van der Waals surface area (Å²) in [6, 6.07) is 18.5. The third-order valence-electron chi connectivity index (χ3n) is 10.6. The van der Waals surface area contributed by atoms with Crippen LogP contribution in [0.3, 0.4) is 0 Å². The first-order chi connectivity index (χ1) is 24.4. The summed E-state index contributed by atoms with van der Waals surface area (Å²) in [7, 11) is -2.48. The SMILES string of the molecule is C[C@@H]1[C@@H](C)C/C=C(\F)[C@H](C(=O)N(C)c2ccccc2)N2CCC[C@H]2CN2CCCCc3cc(Cl)ccc3COc3ccc(cc32)C(=O)NS1(=O)=O. The minimum absolute atomic E-state index is 0.0648. The molecule has 6 rings (SSSR count). The number of carbonyl (C=O) groups is 2. The van der Waals surface area contributed by atoms with Crippen molar-refractivity contribution in [3.8, 4) is 5.75 Å². The number of benzene rings is 3. The van der Waals surface area contributed by atoms with Gasteiger partial charge in [-0.3, -0.25) is 14.5 Å². The predicted octanol–water partition coefficient (Wildman–Crippen LogP) is 6.90. The van der Waals surface area contributed by atoms with Crippen molar-refractivity contribution < 1.29 is 27.1 Å². The maximum Gasteiger partial charge on any atom is 0.264 e. The first-order valence-corrected chi connectivity index (χ1v) is 19.6. The number of hydrogen-bond donors (Lipinski definition) is 1. The van der Waals surface area contributed by atoms with Crippen LogP contribution in [0.1, 0.15) is 67.4 Å². The molecule has 4 atom stereocenters. The van der Waals surface area contributed by atoms with E-state index in [1.807, 2.05) is 53.4 Å². The molecule has 12 heteroatoms. The molecule has 3 aliphatic rings. The van der Waals surface area contributed by atoms with E-state index in [9.17, 15) is 18.0 Å². The number of nitrogens with zero attached hydrogens (tertiary/aromatic N) is 3. The molecule has 0 radical (unpaired) electrons. The molecule has 1 saturated heterocycles. The molecule has 9 nitrogen and oxygen atoms in total.